The Bertz CT molecular complexity index is 1510. The van der Waals surface area contributed by atoms with Crippen molar-refractivity contribution in [3.05, 3.63) is 63.7 Å². The van der Waals surface area contributed by atoms with Gasteiger partial charge < -0.3 is 14.7 Å². The molecule has 0 radical (unpaired) electrons. The zero-order chi connectivity index (χ0) is 31.3. The maximum Gasteiger partial charge on any atom is 0.337 e. The molecule has 1 N–H and O–H groups in total. The van der Waals surface area contributed by atoms with Gasteiger partial charge in [0.1, 0.15) is 0 Å². The number of pyridine rings is 1. The summed E-state index contributed by atoms with van der Waals surface area (Å²) in [5, 5.41) is 15.0. The molecule has 1 aromatic carbocycles. The second-order valence-corrected chi connectivity index (χ2v) is 14.4. The zero-order valence-corrected chi connectivity index (χ0v) is 27.5. The number of fused-ring (bicyclic) bond motifs is 1. The second-order valence-electron chi connectivity index (χ2n) is 14.4. The number of nitrogens with zero attached hydrogens (tertiary/aromatic N) is 5. The van der Waals surface area contributed by atoms with Crippen molar-refractivity contribution in [3.8, 4) is 11.1 Å². The first-order valence-corrected chi connectivity index (χ1v) is 15.6. The van der Waals surface area contributed by atoms with E-state index >= 15 is 0 Å². The van der Waals surface area contributed by atoms with Crippen molar-refractivity contribution in [2.45, 2.75) is 99.4 Å². The predicted octanol–water partition coefficient (Wildman–Crippen LogP) is 6.53. The smallest absolute Gasteiger partial charge is 0.337 e. The van der Waals surface area contributed by atoms with Gasteiger partial charge in [-0.2, -0.15) is 5.10 Å². The van der Waals surface area contributed by atoms with Gasteiger partial charge in [0.05, 0.1) is 22.7 Å². The summed E-state index contributed by atoms with van der Waals surface area (Å²) in [7, 11) is 2.01. The van der Waals surface area contributed by atoms with Crippen LogP contribution >= 0.6 is 0 Å². The molecule has 0 spiro atoms. The molecule has 5 rings (SSSR count). The van der Waals surface area contributed by atoms with Gasteiger partial charge in [-0.05, 0) is 89.0 Å². The Morgan fingerprint density at radius 1 is 1.05 bits per heavy atom. The molecule has 8 heteroatoms. The molecular formula is C35H49N5O3. The van der Waals surface area contributed by atoms with Crippen molar-refractivity contribution in [1.82, 2.24) is 19.7 Å². The van der Waals surface area contributed by atoms with Crippen LogP contribution in [0.2, 0.25) is 0 Å². The van der Waals surface area contributed by atoms with E-state index in [4.69, 9.17) is 9.72 Å². The molecule has 0 saturated carbocycles. The second kappa shape index (κ2) is 11.7. The van der Waals surface area contributed by atoms with Crippen LogP contribution in [0.15, 0.2) is 24.3 Å². The maximum absolute atomic E-state index is 12.8. The first-order valence-electron chi connectivity index (χ1n) is 15.6. The van der Waals surface area contributed by atoms with E-state index in [-0.39, 0.29) is 5.41 Å². The molecule has 43 heavy (non-hydrogen) atoms. The van der Waals surface area contributed by atoms with Crippen LogP contribution in [0, 0.1) is 26.2 Å². The lowest BCUT2D eigenvalue weighted by atomic mass is 9.81. The van der Waals surface area contributed by atoms with Gasteiger partial charge >= 0.3 is 5.97 Å². The van der Waals surface area contributed by atoms with Crippen LogP contribution in [0.25, 0.3) is 11.1 Å². The summed E-state index contributed by atoms with van der Waals surface area (Å²) in [6.07, 6.45) is 1.93. The highest BCUT2D eigenvalue weighted by atomic mass is 16.5. The van der Waals surface area contributed by atoms with E-state index in [1.165, 1.54) is 16.8 Å². The average Bonchev–Trinajstić information content (AvgIpc) is 3.22. The van der Waals surface area contributed by atoms with Crippen LogP contribution in [0.4, 0.5) is 5.69 Å². The van der Waals surface area contributed by atoms with Gasteiger partial charge in [-0.15, -0.1) is 0 Å². The minimum absolute atomic E-state index is 0.258. The Kier molecular flexibility index (Phi) is 8.49. The summed E-state index contributed by atoms with van der Waals surface area (Å²) < 4.78 is 8.23. The molecule has 0 unspecified atom stereocenters. The van der Waals surface area contributed by atoms with Gasteiger partial charge in [-0.25, -0.2) is 4.79 Å². The Hall–Kier alpha value is -3.23. The number of anilines is 1. The first kappa shape index (κ1) is 31.2. The van der Waals surface area contributed by atoms with Gasteiger partial charge in [0.15, 0.2) is 6.10 Å². The molecular weight excluding hydrogens is 538 g/mol. The Morgan fingerprint density at radius 3 is 2.35 bits per heavy atom. The molecule has 0 bridgehead atoms. The average molecular weight is 588 g/mol. The van der Waals surface area contributed by atoms with Crippen molar-refractivity contribution in [2.24, 2.45) is 12.5 Å². The number of carboxylic acids is 1. The lowest BCUT2D eigenvalue weighted by Crippen LogP contribution is -2.39. The van der Waals surface area contributed by atoms with Crippen LogP contribution in [0.5, 0.6) is 0 Å². The van der Waals surface area contributed by atoms with Crippen molar-refractivity contribution in [2.75, 3.05) is 24.5 Å². The highest BCUT2D eigenvalue weighted by molar-refractivity contribution is 5.88. The number of rotatable bonds is 7. The molecule has 2 aliphatic heterocycles. The number of carbonyl (C=O) groups is 1. The van der Waals surface area contributed by atoms with E-state index in [2.05, 4.69) is 59.9 Å². The van der Waals surface area contributed by atoms with Gasteiger partial charge in [-0.3, -0.25) is 14.6 Å². The summed E-state index contributed by atoms with van der Waals surface area (Å²) >= 11 is 0. The largest absolute Gasteiger partial charge is 0.479 e. The number of aryl methyl sites for hydroxylation is 4. The Labute approximate surface area is 257 Å². The van der Waals surface area contributed by atoms with Crippen LogP contribution < -0.4 is 4.90 Å². The van der Waals surface area contributed by atoms with Crippen LogP contribution in [0.1, 0.15) is 93.0 Å². The van der Waals surface area contributed by atoms with Crippen LogP contribution in [-0.2, 0) is 36.1 Å². The van der Waals surface area contributed by atoms with Crippen LogP contribution in [0.3, 0.4) is 0 Å². The number of aliphatic carboxylic acids is 1. The molecule has 0 amide bonds. The number of piperidine rings is 1. The van der Waals surface area contributed by atoms with E-state index in [9.17, 15) is 9.90 Å². The standard InChI is InChI=1S/C35H49N5O3/c1-22-18-28(38(9)37-22)21-39-15-12-25-19-26(10-11-27(25)20-39)29-23(2)36-24(3)30(32(33(41)42)43-34(4,5)6)31(29)40-16-13-35(7,8)14-17-40/h10-11,18-19,32H,12-17,20-21H2,1-9H3,(H,41,42)/t32-/m0/s1. The maximum atomic E-state index is 12.8. The van der Waals surface area contributed by atoms with E-state index in [1.807, 2.05) is 46.3 Å². The predicted molar refractivity (Wildman–Crippen MR) is 171 cm³/mol. The van der Waals surface area contributed by atoms with Crippen molar-refractivity contribution >= 4 is 11.7 Å². The number of aromatic nitrogens is 3. The zero-order valence-electron chi connectivity index (χ0n) is 27.5. The first-order chi connectivity index (χ1) is 20.1. The monoisotopic (exact) mass is 587 g/mol. The molecule has 1 fully saturated rings. The van der Waals surface area contributed by atoms with Gasteiger partial charge in [0, 0.05) is 62.3 Å². The fourth-order valence-electron chi connectivity index (χ4n) is 6.70. The third kappa shape index (κ3) is 6.80. The third-order valence-corrected chi connectivity index (χ3v) is 9.04. The van der Waals surface area contributed by atoms with Crippen molar-refractivity contribution < 1.29 is 14.6 Å². The fraction of sp³-hybridized carbons (Fsp3) is 0.571. The number of hydrogen-bond acceptors (Lipinski definition) is 6. The molecule has 3 aromatic rings. The van der Waals surface area contributed by atoms with Gasteiger partial charge in [-0.1, -0.05) is 32.0 Å². The minimum atomic E-state index is -1.11. The van der Waals surface area contributed by atoms with Crippen LogP contribution in [-0.4, -0.2) is 56.0 Å². The van der Waals surface area contributed by atoms with E-state index in [1.54, 1.807) is 0 Å². The Morgan fingerprint density at radius 2 is 1.74 bits per heavy atom. The van der Waals surface area contributed by atoms with Crippen molar-refractivity contribution in [1.29, 1.82) is 0 Å². The molecule has 0 aliphatic carbocycles. The van der Waals surface area contributed by atoms with Gasteiger partial charge in [0.2, 0.25) is 0 Å². The lowest BCUT2D eigenvalue weighted by molar-refractivity contribution is -0.160. The molecule has 1 saturated heterocycles. The SMILES string of the molecule is Cc1cc(CN2CCc3cc(-c4c(C)nc(C)c([C@H](OC(C)(C)C)C(=O)O)c4N4CCC(C)(C)CC4)ccc3C2)n(C)n1. The lowest BCUT2D eigenvalue weighted by Gasteiger charge is -2.41. The molecule has 2 aliphatic rings. The highest BCUT2D eigenvalue weighted by Gasteiger charge is 2.36. The summed E-state index contributed by atoms with van der Waals surface area (Å²) in [5.41, 5.74) is 10.0. The molecule has 232 valence electrons. The summed E-state index contributed by atoms with van der Waals surface area (Å²) in [5.74, 6) is -0.984. The third-order valence-electron chi connectivity index (χ3n) is 9.04. The quantitative estimate of drug-likeness (QED) is 0.336. The molecule has 1 atom stereocenters. The highest BCUT2D eigenvalue weighted by Crippen LogP contribution is 2.45. The van der Waals surface area contributed by atoms with Crippen molar-refractivity contribution in [3.63, 3.8) is 0 Å². The fourth-order valence-corrected chi connectivity index (χ4v) is 6.70. The number of benzene rings is 1. The van der Waals surface area contributed by atoms with E-state index in [0.29, 0.717) is 5.56 Å². The normalized spacial score (nSPS) is 18.0. The molecule has 8 nitrogen and oxygen atoms in total. The number of carboxylic acid groups (broad SMARTS) is 1. The molecule has 2 aromatic heterocycles. The molecule has 4 heterocycles. The summed E-state index contributed by atoms with van der Waals surface area (Å²) in [4.78, 5) is 22.6. The Balaban J connectivity index is 1.57. The minimum Gasteiger partial charge on any atom is -0.479 e. The van der Waals surface area contributed by atoms with Gasteiger partial charge in [0.25, 0.3) is 0 Å². The van der Waals surface area contributed by atoms with E-state index in [0.717, 1.165) is 85.9 Å². The summed E-state index contributed by atoms with van der Waals surface area (Å²) in [6, 6.07) is 8.95. The topological polar surface area (TPSA) is 83.7 Å². The summed E-state index contributed by atoms with van der Waals surface area (Å²) in [6.45, 7) is 20.9. The number of ether oxygens (including phenoxy) is 1. The van der Waals surface area contributed by atoms with E-state index < -0.39 is 17.7 Å². The number of hydrogen-bond donors (Lipinski definition) is 1.